The highest BCUT2D eigenvalue weighted by molar-refractivity contribution is 5.94. The molecule has 0 aliphatic rings. The molecule has 2 aromatic carbocycles. The van der Waals surface area contributed by atoms with Crippen LogP contribution in [0, 0.1) is 5.92 Å². The molecule has 0 aromatic heterocycles. The van der Waals surface area contributed by atoms with E-state index in [2.05, 4.69) is 29.8 Å². The molecule has 0 unspecified atom stereocenters. The van der Waals surface area contributed by atoms with E-state index in [4.69, 9.17) is 4.74 Å². The van der Waals surface area contributed by atoms with Crippen molar-refractivity contribution in [1.82, 2.24) is 0 Å². The van der Waals surface area contributed by atoms with Gasteiger partial charge >= 0.3 is 0 Å². The van der Waals surface area contributed by atoms with Gasteiger partial charge in [-0.05, 0) is 67.3 Å². The van der Waals surface area contributed by atoms with Gasteiger partial charge in [-0.15, -0.1) is 0 Å². The summed E-state index contributed by atoms with van der Waals surface area (Å²) in [5.41, 5.74) is 2.28. The molecule has 2 amide bonds. The summed E-state index contributed by atoms with van der Waals surface area (Å²) < 4.78 is 5.68. The van der Waals surface area contributed by atoms with Crippen molar-refractivity contribution in [2.24, 2.45) is 5.92 Å². The Kier molecular flexibility index (Phi) is 9.02. The number of carbonyl (C=O) groups is 2. The highest BCUT2D eigenvalue weighted by Gasteiger charge is 2.04. The highest BCUT2D eigenvalue weighted by Crippen LogP contribution is 2.17. The van der Waals surface area contributed by atoms with E-state index >= 15 is 0 Å². The molecule has 156 valence electrons. The maximum absolute atomic E-state index is 12.1. The van der Waals surface area contributed by atoms with Crippen LogP contribution in [0.1, 0.15) is 40.0 Å². The van der Waals surface area contributed by atoms with Gasteiger partial charge in [0.1, 0.15) is 5.75 Å². The third kappa shape index (κ3) is 8.68. The van der Waals surface area contributed by atoms with E-state index in [0.29, 0.717) is 18.9 Å². The van der Waals surface area contributed by atoms with Gasteiger partial charge in [0.15, 0.2) is 0 Å². The monoisotopic (exact) mass is 397 g/mol. The fourth-order valence-corrected chi connectivity index (χ4v) is 2.56. The van der Waals surface area contributed by atoms with Crippen LogP contribution in [-0.2, 0) is 9.59 Å². The van der Waals surface area contributed by atoms with Gasteiger partial charge in [0.25, 0.3) is 0 Å². The topological polar surface area (TPSA) is 79.5 Å². The van der Waals surface area contributed by atoms with E-state index in [1.807, 2.05) is 55.5 Å². The minimum Gasteiger partial charge on any atom is -0.494 e. The lowest BCUT2D eigenvalue weighted by molar-refractivity contribution is -0.116. The average molecular weight is 398 g/mol. The van der Waals surface area contributed by atoms with Crippen molar-refractivity contribution >= 4 is 28.9 Å². The number of benzene rings is 2. The third-order valence-electron chi connectivity index (χ3n) is 4.20. The Morgan fingerprint density at radius 2 is 1.41 bits per heavy atom. The van der Waals surface area contributed by atoms with Crippen molar-refractivity contribution in [3.63, 3.8) is 0 Å². The normalized spacial score (nSPS) is 10.5. The fraction of sp³-hybridized carbons (Fsp3) is 0.391. The van der Waals surface area contributed by atoms with E-state index in [1.165, 1.54) is 0 Å². The molecule has 0 atom stereocenters. The van der Waals surface area contributed by atoms with Crippen molar-refractivity contribution in [3.05, 3.63) is 48.5 Å². The van der Waals surface area contributed by atoms with Crippen molar-refractivity contribution < 1.29 is 14.3 Å². The Morgan fingerprint density at radius 3 is 2.00 bits per heavy atom. The number of carbonyl (C=O) groups excluding carboxylic acids is 2. The molecular weight excluding hydrogens is 366 g/mol. The number of anilines is 3. The predicted octanol–water partition coefficient (Wildman–Crippen LogP) is 4.90. The van der Waals surface area contributed by atoms with Crippen LogP contribution in [0.2, 0.25) is 0 Å². The molecule has 0 aliphatic carbocycles. The van der Waals surface area contributed by atoms with Gasteiger partial charge in [-0.2, -0.15) is 0 Å². The molecule has 0 saturated carbocycles. The van der Waals surface area contributed by atoms with Gasteiger partial charge in [0.05, 0.1) is 13.2 Å². The van der Waals surface area contributed by atoms with Crippen LogP contribution < -0.4 is 20.7 Å². The van der Waals surface area contributed by atoms with Crippen LogP contribution in [0.25, 0.3) is 0 Å². The second-order valence-corrected chi connectivity index (χ2v) is 7.33. The van der Waals surface area contributed by atoms with Crippen molar-refractivity contribution in [2.45, 2.75) is 40.0 Å². The van der Waals surface area contributed by atoms with Gasteiger partial charge in [-0.3, -0.25) is 9.59 Å². The summed E-state index contributed by atoms with van der Waals surface area (Å²) in [5.74, 6) is 1.27. The minimum atomic E-state index is -0.140. The Labute approximate surface area is 173 Å². The van der Waals surface area contributed by atoms with Crippen LogP contribution in [0.5, 0.6) is 5.75 Å². The third-order valence-corrected chi connectivity index (χ3v) is 4.20. The first-order chi connectivity index (χ1) is 14.0. The molecule has 0 spiro atoms. The zero-order valence-corrected chi connectivity index (χ0v) is 17.5. The Hall–Kier alpha value is -3.02. The predicted molar refractivity (Wildman–Crippen MR) is 118 cm³/mol. The van der Waals surface area contributed by atoms with E-state index in [1.54, 1.807) is 0 Å². The number of hydrogen-bond acceptors (Lipinski definition) is 4. The number of rotatable bonds is 11. The van der Waals surface area contributed by atoms with Crippen LogP contribution in [0.15, 0.2) is 48.5 Å². The zero-order chi connectivity index (χ0) is 21.1. The first-order valence-electron chi connectivity index (χ1n) is 10.1. The van der Waals surface area contributed by atoms with Gasteiger partial charge in [-0.1, -0.05) is 20.8 Å². The van der Waals surface area contributed by atoms with Gasteiger partial charge in [0.2, 0.25) is 11.8 Å². The standard InChI is InChI=1S/C23H31N3O3/c1-4-5-22(27)25-19-8-6-18(7-9-19)24-16-23(28)26-20-10-12-21(13-11-20)29-15-14-17(2)3/h6-13,17,24H,4-5,14-16H2,1-3H3,(H,25,27)(H,26,28). The summed E-state index contributed by atoms with van der Waals surface area (Å²) in [5, 5.41) is 8.76. The summed E-state index contributed by atoms with van der Waals surface area (Å²) in [6, 6.07) is 14.7. The van der Waals surface area contributed by atoms with E-state index < -0.39 is 0 Å². The summed E-state index contributed by atoms with van der Waals surface area (Å²) in [6.45, 7) is 7.13. The number of amides is 2. The molecule has 2 rings (SSSR count). The second kappa shape index (κ2) is 11.7. The molecular formula is C23H31N3O3. The maximum Gasteiger partial charge on any atom is 0.243 e. The Balaban J connectivity index is 1.74. The molecule has 0 fully saturated rings. The zero-order valence-electron chi connectivity index (χ0n) is 17.5. The minimum absolute atomic E-state index is 0.00364. The Bertz CT molecular complexity index is 771. The summed E-state index contributed by atoms with van der Waals surface area (Å²) in [4.78, 5) is 23.7. The van der Waals surface area contributed by atoms with Gasteiger partial charge in [-0.25, -0.2) is 0 Å². The van der Waals surface area contributed by atoms with Crippen molar-refractivity contribution in [1.29, 1.82) is 0 Å². The van der Waals surface area contributed by atoms with E-state index in [0.717, 1.165) is 35.7 Å². The quantitative estimate of drug-likeness (QED) is 0.504. The lowest BCUT2D eigenvalue weighted by Gasteiger charge is -2.11. The number of hydrogen-bond donors (Lipinski definition) is 3. The van der Waals surface area contributed by atoms with E-state index in [9.17, 15) is 9.59 Å². The summed E-state index contributed by atoms with van der Waals surface area (Å²) >= 11 is 0. The van der Waals surface area contributed by atoms with Gasteiger partial charge in [0, 0.05) is 23.5 Å². The maximum atomic E-state index is 12.1. The molecule has 2 aromatic rings. The lowest BCUT2D eigenvalue weighted by Crippen LogP contribution is -2.21. The molecule has 0 heterocycles. The molecule has 0 saturated heterocycles. The lowest BCUT2D eigenvalue weighted by atomic mass is 10.1. The second-order valence-electron chi connectivity index (χ2n) is 7.33. The van der Waals surface area contributed by atoms with Crippen molar-refractivity contribution in [3.8, 4) is 5.75 Å². The molecule has 0 radical (unpaired) electrons. The molecule has 6 nitrogen and oxygen atoms in total. The first kappa shape index (κ1) is 22.3. The molecule has 0 aliphatic heterocycles. The molecule has 0 bridgehead atoms. The number of nitrogens with one attached hydrogen (secondary N) is 3. The molecule has 3 N–H and O–H groups in total. The first-order valence-corrected chi connectivity index (χ1v) is 10.1. The van der Waals surface area contributed by atoms with E-state index in [-0.39, 0.29) is 18.4 Å². The summed E-state index contributed by atoms with van der Waals surface area (Å²) in [7, 11) is 0. The van der Waals surface area contributed by atoms with Crippen LogP contribution in [-0.4, -0.2) is 25.0 Å². The average Bonchev–Trinajstić information content (AvgIpc) is 2.69. The summed E-state index contributed by atoms with van der Waals surface area (Å²) in [6.07, 6.45) is 2.33. The van der Waals surface area contributed by atoms with Crippen LogP contribution in [0.3, 0.4) is 0 Å². The Morgan fingerprint density at radius 1 is 0.862 bits per heavy atom. The molecule has 6 heteroatoms. The fourth-order valence-electron chi connectivity index (χ4n) is 2.56. The number of ether oxygens (including phenoxy) is 1. The van der Waals surface area contributed by atoms with Crippen molar-refractivity contribution in [2.75, 3.05) is 29.1 Å². The smallest absolute Gasteiger partial charge is 0.243 e. The van der Waals surface area contributed by atoms with Crippen LogP contribution in [0.4, 0.5) is 17.1 Å². The van der Waals surface area contributed by atoms with Crippen LogP contribution >= 0.6 is 0 Å². The largest absolute Gasteiger partial charge is 0.494 e. The molecule has 29 heavy (non-hydrogen) atoms. The SMILES string of the molecule is CCCC(=O)Nc1ccc(NCC(=O)Nc2ccc(OCCC(C)C)cc2)cc1. The highest BCUT2D eigenvalue weighted by atomic mass is 16.5. The van der Waals surface area contributed by atoms with Gasteiger partial charge < -0.3 is 20.7 Å².